The molecule has 1 atom stereocenters. The Hall–Kier alpha value is -0.940. The quantitative estimate of drug-likeness (QED) is 0.632. The lowest BCUT2D eigenvalue weighted by atomic mass is 9.98. The number of hydrogen-bond donors (Lipinski definition) is 2. The molecular formula is C15H15BrClFN2. The van der Waals surface area contributed by atoms with E-state index in [2.05, 4.69) is 21.4 Å². The second kappa shape index (κ2) is 6.68. The zero-order valence-corrected chi connectivity index (χ0v) is 13.3. The van der Waals surface area contributed by atoms with Crippen molar-refractivity contribution in [1.82, 2.24) is 5.43 Å². The second-order valence-corrected chi connectivity index (χ2v) is 5.97. The predicted molar refractivity (Wildman–Crippen MR) is 84.1 cm³/mol. The van der Waals surface area contributed by atoms with E-state index in [1.807, 2.05) is 25.1 Å². The first-order valence-corrected chi connectivity index (χ1v) is 7.34. The average molecular weight is 358 g/mol. The predicted octanol–water partition coefficient (Wildman–Crippen LogP) is 4.30. The van der Waals surface area contributed by atoms with E-state index in [0.29, 0.717) is 17.0 Å². The lowest BCUT2D eigenvalue weighted by molar-refractivity contribution is 0.527. The Morgan fingerprint density at radius 3 is 2.70 bits per heavy atom. The van der Waals surface area contributed by atoms with Gasteiger partial charge in [-0.05, 0) is 54.3 Å². The third-order valence-corrected chi connectivity index (χ3v) is 4.09. The van der Waals surface area contributed by atoms with E-state index in [0.717, 1.165) is 15.6 Å². The summed E-state index contributed by atoms with van der Waals surface area (Å²) in [7, 11) is 0. The van der Waals surface area contributed by atoms with Crippen molar-refractivity contribution in [1.29, 1.82) is 0 Å². The van der Waals surface area contributed by atoms with Gasteiger partial charge in [0.05, 0.1) is 6.04 Å². The van der Waals surface area contributed by atoms with Crippen LogP contribution in [0.1, 0.15) is 22.7 Å². The summed E-state index contributed by atoms with van der Waals surface area (Å²) in [4.78, 5) is 0. The number of aryl methyl sites for hydroxylation is 1. The summed E-state index contributed by atoms with van der Waals surface area (Å²) in [5.41, 5.74) is 5.40. The molecule has 1 unspecified atom stereocenters. The molecule has 0 amide bonds. The van der Waals surface area contributed by atoms with Gasteiger partial charge in [0.25, 0.3) is 0 Å². The van der Waals surface area contributed by atoms with Gasteiger partial charge in [0.2, 0.25) is 0 Å². The number of rotatable bonds is 4. The Morgan fingerprint density at radius 2 is 2.05 bits per heavy atom. The van der Waals surface area contributed by atoms with Crippen molar-refractivity contribution in [2.24, 2.45) is 5.84 Å². The highest BCUT2D eigenvalue weighted by Crippen LogP contribution is 2.28. The van der Waals surface area contributed by atoms with Crippen LogP contribution in [0.5, 0.6) is 0 Å². The van der Waals surface area contributed by atoms with Gasteiger partial charge < -0.3 is 0 Å². The number of halogens is 3. The molecule has 2 aromatic carbocycles. The van der Waals surface area contributed by atoms with E-state index in [1.54, 1.807) is 6.07 Å². The molecular weight excluding hydrogens is 343 g/mol. The van der Waals surface area contributed by atoms with Crippen LogP contribution < -0.4 is 11.3 Å². The molecule has 0 aromatic heterocycles. The molecule has 0 aliphatic heterocycles. The van der Waals surface area contributed by atoms with Crippen LogP contribution in [-0.2, 0) is 6.42 Å². The normalized spacial score (nSPS) is 12.4. The van der Waals surface area contributed by atoms with Crippen molar-refractivity contribution < 1.29 is 4.39 Å². The molecule has 106 valence electrons. The summed E-state index contributed by atoms with van der Waals surface area (Å²) in [6.07, 6.45) is 0.421. The smallest absolute Gasteiger partial charge is 0.126 e. The van der Waals surface area contributed by atoms with Gasteiger partial charge in [-0.25, -0.2) is 4.39 Å². The molecule has 2 rings (SSSR count). The Balaban J connectivity index is 2.31. The molecule has 5 heteroatoms. The Bertz CT molecular complexity index is 619. The lowest BCUT2D eigenvalue weighted by Gasteiger charge is -2.19. The molecule has 0 saturated heterocycles. The molecule has 2 aromatic rings. The van der Waals surface area contributed by atoms with Crippen molar-refractivity contribution in [3.63, 3.8) is 0 Å². The monoisotopic (exact) mass is 356 g/mol. The molecule has 0 heterocycles. The number of nitrogens with one attached hydrogen (secondary N) is 1. The molecule has 2 nitrogen and oxygen atoms in total. The molecule has 0 radical (unpaired) electrons. The van der Waals surface area contributed by atoms with Crippen LogP contribution in [0, 0.1) is 12.7 Å². The fourth-order valence-corrected chi connectivity index (χ4v) is 3.06. The van der Waals surface area contributed by atoms with Crippen molar-refractivity contribution in [3.05, 3.63) is 68.4 Å². The topological polar surface area (TPSA) is 38.0 Å². The number of nitrogens with two attached hydrogens (primary N) is 1. The Labute approximate surface area is 131 Å². The summed E-state index contributed by atoms with van der Waals surface area (Å²) in [5.74, 6) is 5.34. The van der Waals surface area contributed by atoms with Crippen molar-refractivity contribution in [2.75, 3.05) is 0 Å². The molecule has 3 N–H and O–H groups in total. The number of hydrogen-bond acceptors (Lipinski definition) is 2. The highest BCUT2D eigenvalue weighted by molar-refractivity contribution is 9.10. The van der Waals surface area contributed by atoms with Crippen molar-refractivity contribution >= 4 is 27.5 Å². The molecule has 0 fully saturated rings. The highest BCUT2D eigenvalue weighted by Gasteiger charge is 2.16. The first-order valence-electron chi connectivity index (χ1n) is 6.17. The molecule has 0 saturated carbocycles. The van der Waals surface area contributed by atoms with Crippen LogP contribution >= 0.6 is 27.5 Å². The van der Waals surface area contributed by atoms with E-state index in [9.17, 15) is 4.39 Å². The number of hydrazine groups is 1. The molecule has 0 aliphatic carbocycles. The fourth-order valence-electron chi connectivity index (χ4n) is 2.09. The van der Waals surface area contributed by atoms with Crippen LogP contribution in [-0.4, -0.2) is 0 Å². The van der Waals surface area contributed by atoms with Gasteiger partial charge >= 0.3 is 0 Å². The Kier molecular flexibility index (Phi) is 5.16. The van der Waals surface area contributed by atoms with Gasteiger partial charge in [0.1, 0.15) is 5.82 Å². The average Bonchev–Trinajstić information content (AvgIpc) is 2.40. The first-order chi connectivity index (χ1) is 9.51. The van der Waals surface area contributed by atoms with Gasteiger partial charge in [-0.15, -0.1) is 0 Å². The SMILES string of the molecule is Cc1ccc(C(Cc2cc(Cl)ccc2F)NN)c(Br)c1. The van der Waals surface area contributed by atoms with Crippen LogP contribution in [0.2, 0.25) is 5.02 Å². The minimum absolute atomic E-state index is 0.196. The minimum Gasteiger partial charge on any atom is -0.271 e. The van der Waals surface area contributed by atoms with Crippen LogP contribution in [0.25, 0.3) is 0 Å². The first kappa shape index (κ1) is 15.4. The van der Waals surface area contributed by atoms with E-state index in [-0.39, 0.29) is 11.9 Å². The van der Waals surface area contributed by atoms with Crippen LogP contribution in [0.3, 0.4) is 0 Å². The summed E-state index contributed by atoms with van der Waals surface area (Å²) >= 11 is 9.43. The van der Waals surface area contributed by atoms with Gasteiger partial charge in [0, 0.05) is 9.50 Å². The zero-order valence-electron chi connectivity index (χ0n) is 11.0. The molecule has 20 heavy (non-hydrogen) atoms. The standard InChI is InChI=1S/C15H15BrClFN2/c1-9-2-4-12(13(16)6-9)15(20-19)8-10-7-11(17)3-5-14(10)18/h2-7,15,20H,8,19H2,1H3. The zero-order chi connectivity index (χ0) is 14.7. The summed E-state index contributed by atoms with van der Waals surface area (Å²) in [6.45, 7) is 2.01. The largest absolute Gasteiger partial charge is 0.271 e. The lowest BCUT2D eigenvalue weighted by Crippen LogP contribution is -2.30. The summed E-state index contributed by atoms with van der Waals surface area (Å²) in [5, 5.41) is 0.514. The van der Waals surface area contributed by atoms with Gasteiger partial charge in [0.15, 0.2) is 0 Å². The van der Waals surface area contributed by atoms with Crippen molar-refractivity contribution in [2.45, 2.75) is 19.4 Å². The van der Waals surface area contributed by atoms with Gasteiger partial charge in [-0.2, -0.15) is 0 Å². The third kappa shape index (κ3) is 3.58. The highest BCUT2D eigenvalue weighted by atomic mass is 79.9. The Morgan fingerprint density at radius 1 is 1.30 bits per heavy atom. The van der Waals surface area contributed by atoms with Crippen molar-refractivity contribution in [3.8, 4) is 0 Å². The van der Waals surface area contributed by atoms with Crippen LogP contribution in [0.4, 0.5) is 4.39 Å². The maximum Gasteiger partial charge on any atom is 0.126 e. The fraction of sp³-hybridized carbons (Fsp3) is 0.200. The van der Waals surface area contributed by atoms with E-state index < -0.39 is 0 Å². The molecule has 0 bridgehead atoms. The summed E-state index contributed by atoms with van der Waals surface area (Å²) in [6, 6.07) is 10.3. The maximum absolute atomic E-state index is 13.8. The maximum atomic E-state index is 13.8. The number of benzene rings is 2. The third-order valence-electron chi connectivity index (χ3n) is 3.16. The summed E-state index contributed by atoms with van der Waals surface area (Å²) < 4.78 is 14.8. The van der Waals surface area contributed by atoms with E-state index in [4.69, 9.17) is 17.4 Å². The van der Waals surface area contributed by atoms with E-state index in [1.165, 1.54) is 12.1 Å². The van der Waals surface area contributed by atoms with Gasteiger partial charge in [-0.1, -0.05) is 39.7 Å². The molecule has 0 aliphatic rings. The van der Waals surface area contributed by atoms with E-state index >= 15 is 0 Å². The second-order valence-electron chi connectivity index (χ2n) is 4.68. The van der Waals surface area contributed by atoms with Crippen LogP contribution in [0.15, 0.2) is 40.9 Å². The minimum atomic E-state index is -0.280. The molecule has 0 spiro atoms. The van der Waals surface area contributed by atoms with Gasteiger partial charge in [-0.3, -0.25) is 11.3 Å².